The van der Waals surface area contributed by atoms with Gasteiger partial charge >= 0.3 is 0 Å². The van der Waals surface area contributed by atoms with E-state index in [1.807, 2.05) is 38.1 Å². The van der Waals surface area contributed by atoms with Gasteiger partial charge in [-0.05, 0) is 29.5 Å². The maximum absolute atomic E-state index is 12.5. The molecule has 0 aromatic heterocycles. The zero-order chi connectivity index (χ0) is 17.3. The molecule has 5 nitrogen and oxygen atoms in total. The van der Waals surface area contributed by atoms with Crippen LogP contribution in [0.2, 0.25) is 0 Å². The largest absolute Gasteiger partial charge is 0.497 e. The summed E-state index contributed by atoms with van der Waals surface area (Å²) in [6.45, 7) is 3.83. The molecule has 23 heavy (non-hydrogen) atoms. The molecule has 1 fully saturated rings. The number of hydrogen-bond donors (Lipinski definition) is 2. The minimum absolute atomic E-state index is 0.160. The highest BCUT2D eigenvalue weighted by Gasteiger charge is 2.50. The Morgan fingerprint density at radius 3 is 2.09 bits per heavy atom. The summed E-state index contributed by atoms with van der Waals surface area (Å²) in [6, 6.07) is 7.59. The lowest BCUT2D eigenvalue weighted by molar-refractivity contribution is -0.149. The Balaban J connectivity index is 2.38. The quantitative estimate of drug-likeness (QED) is 0.881. The first-order valence-electron chi connectivity index (χ1n) is 7.88. The second-order valence-electron chi connectivity index (χ2n) is 6.50. The number of nitrogens with zero attached hydrogens (tertiary/aromatic N) is 1. The van der Waals surface area contributed by atoms with Crippen molar-refractivity contribution in [3.05, 3.63) is 35.7 Å². The van der Waals surface area contributed by atoms with Crippen molar-refractivity contribution in [2.45, 2.75) is 26.1 Å². The van der Waals surface area contributed by atoms with Crippen molar-refractivity contribution in [2.75, 3.05) is 21.2 Å². The summed E-state index contributed by atoms with van der Waals surface area (Å²) in [5.41, 5.74) is 0.966. The molecule has 1 aromatic rings. The van der Waals surface area contributed by atoms with Crippen LogP contribution < -0.4 is 4.74 Å². The van der Waals surface area contributed by atoms with Gasteiger partial charge in [-0.25, -0.2) is 0 Å². The molecule has 1 aliphatic carbocycles. The molecule has 0 spiro atoms. The van der Waals surface area contributed by atoms with Gasteiger partial charge in [0, 0.05) is 20.0 Å². The van der Waals surface area contributed by atoms with Crippen LogP contribution in [-0.2, 0) is 4.79 Å². The number of ether oxygens (including phenoxy) is 1. The van der Waals surface area contributed by atoms with Crippen LogP contribution in [0, 0.1) is 23.7 Å². The fraction of sp³-hybridized carbons (Fsp3) is 0.556. The lowest BCUT2D eigenvalue weighted by atomic mass is 9.62. The van der Waals surface area contributed by atoms with E-state index in [1.165, 1.54) is 4.90 Å². The van der Waals surface area contributed by atoms with Crippen LogP contribution in [0.4, 0.5) is 0 Å². The Bertz CT molecular complexity index is 542. The summed E-state index contributed by atoms with van der Waals surface area (Å²) in [6.07, 6.45) is -2.02. The van der Waals surface area contributed by atoms with E-state index in [1.54, 1.807) is 21.2 Å². The van der Waals surface area contributed by atoms with Crippen molar-refractivity contribution in [1.82, 2.24) is 4.90 Å². The number of aliphatic hydroxyl groups excluding tert-OH is 2. The maximum atomic E-state index is 12.5. The van der Waals surface area contributed by atoms with Gasteiger partial charge in [0.05, 0.1) is 25.2 Å². The molecule has 0 bridgehead atoms. The predicted molar refractivity (Wildman–Crippen MR) is 87.9 cm³/mol. The second kappa shape index (κ2) is 6.89. The highest BCUT2D eigenvalue weighted by Crippen LogP contribution is 2.45. The van der Waals surface area contributed by atoms with Crippen molar-refractivity contribution in [3.63, 3.8) is 0 Å². The van der Waals surface area contributed by atoms with Gasteiger partial charge in [0.1, 0.15) is 5.75 Å². The Labute approximate surface area is 137 Å². The molecule has 1 radical (unpaired) electrons. The summed E-state index contributed by atoms with van der Waals surface area (Å²) >= 11 is 0. The van der Waals surface area contributed by atoms with Crippen LogP contribution in [0.3, 0.4) is 0 Å². The number of aliphatic hydroxyl groups is 2. The molecule has 5 atom stereocenters. The monoisotopic (exact) mass is 320 g/mol. The summed E-state index contributed by atoms with van der Waals surface area (Å²) in [5.74, 6) is 0.555. The molecule has 2 N–H and O–H groups in total. The third-order valence-corrected chi connectivity index (χ3v) is 4.90. The summed E-state index contributed by atoms with van der Waals surface area (Å²) in [5, 5.41) is 20.8. The molecule has 5 unspecified atom stereocenters. The number of benzene rings is 1. The van der Waals surface area contributed by atoms with Crippen molar-refractivity contribution in [2.24, 2.45) is 17.8 Å². The fourth-order valence-corrected chi connectivity index (χ4v) is 3.56. The average Bonchev–Trinajstić information content (AvgIpc) is 2.53. The van der Waals surface area contributed by atoms with E-state index in [4.69, 9.17) is 4.74 Å². The molecule has 0 saturated heterocycles. The van der Waals surface area contributed by atoms with Crippen molar-refractivity contribution in [1.29, 1.82) is 0 Å². The first kappa shape index (κ1) is 17.8. The number of carbonyl (C=O) groups is 1. The molecular weight excluding hydrogens is 294 g/mol. The summed E-state index contributed by atoms with van der Waals surface area (Å²) in [4.78, 5) is 13.9. The molecular formula is C18H26NO4. The Morgan fingerprint density at radius 2 is 1.61 bits per heavy atom. The number of rotatable bonds is 3. The van der Waals surface area contributed by atoms with Gasteiger partial charge in [-0.1, -0.05) is 26.0 Å². The van der Waals surface area contributed by atoms with Gasteiger partial charge in [0.15, 0.2) is 0 Å². The third kappa shape index (κ3) is 3.21. The smallest absolute Gasteiger partial charge is 0.228 e. The van der Waals surface area contributed by atoms with Crippen LogP contribution in [0.1, 0.15) is 19.4 Å². The van der Waals surface area contributed by atoms with E-state index in [0.29, 0.717) is 0 Å². The predicted octanol–water partition coefficient (Wildman–Crippen LogP) is 1.33. The molecule has 0 heterocycles. The van der Waals surface area contributed by atoms with E-state index in [9.17, 15) is 15.0 Å². The van der Waals surface area contributed by atoms with Crippen LogP contribution >= 0.6 is 0 Å². The standard InChI is InChI=1S/C18H26NO4/c1-10-14(12-6-8-13(23-5)9-7-12)11(2)16(20)17(21)15(10)18(22)19(3)4/h6-11,15-17,20-21H,1-5H3. The van der Waals surface area contributed by atoms with Gasteiger partial charge in [0.25, 0.3) is 0 Å². The highest BCUT2D eigenvalue weighted by atomic mass is 16.5. The van der Waals surface area contributed by atoms with Gasteiger partial charge in [-0.2, -0.15) is 0 Å². The number of amides is 1. The zero-order valence-electron chi connectivity index (χ0n) is 14.4. The van der Waals surface area contributed by atoms with Gasteiger partial charge in [0.2, 0.25) is 5.91 Å². The third-order valence-electron chi connectivity index (χ3n) is 4.90. The molecule has 127 valence electrons. The molecule has 0 aliphatic heterocycles. The molecule has 1 saturated carbocycles. The van der Waals surface area contributed by atoms with E-state index < -0.39 is 18.1 Å². The first-order chi connectivity index (χ1) is 10.8. The average molecular weight is 320 g/mol. The first-order valence-corrected chi connectivity index (χ1v) is 7.88. The fourth-order valence-electron chi connectivity index (χ4n) is 3.56. The zero-order valence-corrected chi connectivity index (χ0v) is 14.4. The molecule has 5 heteroatoms. The summed E-state index contributed by atoms with van der Waals surface area (Å²) < 4.78 is 5.18. The van der Waals surface area contributed by atoms with E-state index in [0.717, 1.165) is 17.2 Å². The molecule has 2 rings (SSSR count). The lowest BCUT2D eigenvalue weighted by Crippen LogP contribution is -2.55. The Kier molecular flexibility index (Phi) is 5.32. The summed E-state index contributed by atoms with van der Waals surface area (Å²) in [7, 11) is 4.94. The minimum Gasteiger partial charge on any atom is -0.497 e. The molecule has 1 aromatic carbocycles. The van der Waals surface area contributed by atoms with E-state index in [-0.39, 0.29) is 17.7 Å². The van der Waals surface area contributed by atoms with Gasteiger partial charge in [-0.3, -0.25) is 4.79 Å². The van der Waals surface area contributed by atoms with E-state index in [2.05, 4.69) is 0 Å². The Hall–Kier alpha value is -1.59. The van der Waals surface area contributed by atoms with Gasteiger partial charge < -0.3 is 19.8 Å². The number of methoxy groups -OCH3 is 1. The molecule has 1 aliphatic rings. The normalized spacial score (nSPS) is 31.7. The van der Waals surface area contributed by atoms with Crippen molar-refractivity contribution >= 4 is 5.91 Å². The number of carbonyl (C=O) groups excluding carboxylic acids is 1. The SMILES string of the molecule is COc1ccc([C]2C(C)C(O)C(O)C(C(=O)N(C)C)C2C)cc1. The van der Waals surface area contributed by atoms with Crippen molar-refractivity contribution in [3.8, 4) is 5.75 Å². The highest BCUT2D eigenvalue weighted by molar-refractivity contribution is 5.80. The lowest BCUT2D eigenvalue weighted by Gasteiger charge is -2.46. The van der Waals surface area contributed by atoms with Crippen LogP contribution in [-0.4, -0.2) is 54.4 Å². The van der Waals surface area contributed by atoms with Crippen LogP contribution in [0.25, 0.3) is 0 Å². The van der Waals surface area contributed by atoms with Crippen LogP contribution in [0.15, 0.2) is 24.3 Å². The van der Waals surface area contributed by atoms with Crippen LogP contribution in [0.5, 0.6) is 5.75 Å². The minimum atomic E-state index is -1.06. The number of hydrogen-bond acceptors (Lipinski definition) is 4. The van der Waals surface area contributed by atoms with Crippen molar-refractivity contribution < 1.29 is 19.7 Å². The maximum Gasteiger partial charge on any atom is 0.228 e. The Morgan fingerprint density at radius 1 is 1.04 bits per heavy atom. The topological polar surface area (TPSA) is 70.0 Å². The second-order valence-corrected chi connectivity index (χ2v) is 6.50. The molecule has 1 amide bonds. The van der Waals surface area contributed by atoms with E-state index >= 15 is 0 Å². The van der Waals surface area contributed by atoms with Gasteiger partial charge in [-0.15, -0.1) is 0 Å².